The quantitative estimate of drug-likeness (QED) is 0.455. The number of halogens is 1. The molecule has 10 nitrogen and oxygen atoms in total. The van der Waals surface area contributed by atoms with E-state index in [9.17, 15) is 17.9 Å². The molecule has 1 saturated heterocycles. The molecule has 1 aliphatic carbocycles. The van der Waals surface area contributed by atoms with E-state index in [1.54, 1.807) is 6.20 Å². The van der Waals surface area contributed by atoms with Crippen LogP contribution in [0, 0.1) is 19.7 Å². The fraction of sp³-hybridized carbons (Fsp3) is 0.542. The first kappa shape index (κ1) is 24.8. The Hall–Kier alpha value is -2.83. The molecule has 5 rings (SSSR count). The lowest BCUT2D eigenvalue weighted by Gasteiger charge is -2.26. The molecule has 1 unspecified atom stereocenters. The molecule has 3 heterocycles. The zero-order valence-electron chi connectivity index (χ0n) is 20.7. The van der Waals surface area contributed by atoms with E-state index in [-0.39, 0.29) is 30.5 Å². The van der Waals surface area contributed by atoms with Crippen LogP contribution >= 0.6 is 0 Å². The molecular formula is C24H32FN7O3S. The molecule has 194 valence electrons. The Morgan fingerprint density at radius 2 is 1.86 bits per heavy atom. The van der Waals surface area contributed by atoms with Gasteiger partial charge in [-0.25, -0.2) is 27.1 Å². The highest BCUT2D eigenvalue weighted by atomic mass is 32.2. The maximum Gasteiger partial charge on any atom is 0.224 e. The van der Waals surface area contributed by atoms with Gasteiger partial charge in [0, 0.05) is 19.1 Å². The SMILES string of the molecule is Cc1cc(C)c(Nc2nc3cnc(NC4CCC(O)CC4)nc3n2C2CCN(S(C)(=O)=O)C2)c(F)c1. The second-order valence-electron chi connectivity index (χ2n) is 9.98. The van der Waals surface area contributed by atoms with Crippen molar-refractivity contribution in [2.24, 2.45) is 0 Å². The second kappa shape index (κ2) is 9.56. The van der Waals surface area contributed by atoms with E-state index >= 15 is 0 Å². The van der Waals surface area contributed by atoms with Gasteiger partial charge in [0.25, 0.3) is 0 Å². The van der Waals surface area contributed by atoms with E-state index in [0.717, 1.165) is 36.8 Å². The van der Waals surface area contributed by atoms with Crippen LogP contribution in [0.2, 0.25) is 0 Å². The van der Waals surface area contributed by atoms with Gasteiger partial charge in [-0.05, 0) is 63.1 Å². The first-order chi connectivity index (χ1) is 17.1. The number of hydrogen-bond acceptors (Lipinski definition) is 8. The average molecular weight is 518 g/mol. The lowest BCUT2D eigenvalue weighted by molar-refractivity contribution is 0.126. The lowest BCUT2D eigenvalue weighted by atomic mass is 9.93. The molecule has 36 heavy (non-hydrogen) atoms. The van der Waals surface area contributed by atoms with Gasteiger partial charge in [-0.2, -0.15) is 4.98 Å². The van der Waals surface area contributed by atoms with Gasteiger partial charge in [-0.1, -0.05) is 6.07 Å². The fourth-order valence-electron chi connectivity index (χ4n) is 5.21. The van der Waals surface area contributed by atoms with Crippen molar-refractivity contribution >= 4 is 38.8 Å². The predicted octanol–water partition coefficient (Wildman–Crippen LogP) is 3.25. The van der Waals surface area contributed by atoms with Crippen molar-refractivity contribution in [1.82, 2.24) is 23.8 Å². The first-order valence-corrected chi connectivity index (χ1v) is 14.1. The van der Waals surface area contributed by atoms with Crippen LogP contribution in [0.1, 0.15) is 49.3 Å². The minimum absolute atomic E-state index is 0.163. The summed E-state index contributed by atoms with van der Waals surface area (Å²) in [5, 5.41) is 16.3. The molecule has 0 bridgehead atoms. The number of rotatable bonds is 6. The molecule has 2 aromatic heterocycles. The summed E-state index contributed by atoms with van der Waals surface area (Å²) in [7, 11) is -3.35. The summed E-state index contributed by atoms with van der Waals surface area (Å²) in [4.78, 5) is 13.9. The number of aliphatic hydroxyl groups is 1. The van der Waals surface area contributed by atoms with Crippen molar-refractivity contribution in [3.05, 3.63) is 35.3 Å². The zero-order valence-corrected chi connectivity index (χ0v) is 21.5. The molecule has 3 aromatic rings. The fourth-order valence-corrected chi connectivity index (χ4v) is 6.09. The summed E-state index contributed by atoms with van der Waals surface area (Å²) < 4.78 is 42.6. The molecular weight excluding hydrogens is 485 g/mol. The van der Waals surface area contributed by atoms with Crippen LogP contribution < -0.4 is 10.6 Å². The van der Waals surface area contributed by atoms with Gasteiger partial charge in [0.15, 0.2) is 5.65 Å². The normalized spacial score (nSPS) is 23.3. The topological polar surface area (TPSA) is 125 Å². The molecule has 2 aliphatic rings. The summed E-state index contributed by atoms with van der Waals surface area (Å²) in [5.41, 5.74) is 2.97. The number of nitrogens with zero attached hydrogens (tertiary/aromatic N) is 5. The summed E-state index contributed by atoms with van der Waals surface area (Å²) in [5.74, 6) is 0.457. The van der Waals surface area contributed by atoms with E-state index in [4.69, 9.17) is 4.98 Å². The van der Waals surface area contributed by atoms with Crippen molar-refractivity contribution in [2.75, 3.05) is 30.0 Å². The van der Waals surface area contributed by atoms with Crippen LogP contribution in [0.4, 0.5) is 22.0 Å². The second-order valence-corrected chi connectivity index (χ2v) is 12.0. The highest BCUT2D eigenvalue weighted by Gasteiger charge is 2.33. The monoisotopic (exact) mass is 517 g/mol. The molecule has 0 radical (unpaired) electrons. The van der Waals surface area contributed by atoms with Crippen LogP contribution in [0.3, 0.4) is 0 Å². The molecule has 2 fully saturated rings. The third kappa shape index (κ3) is 5.02. The maximum atomic E-state index is 14.9. The highest BCUT2D eigenvalue weighted by molar-refractivity contribution is 7.88. The summed E-state index contributed by atoms with van der Waals surface area (Å²) in [6.07, 6.45) is 6.28. The first-order valence-electron chi connectivity index (χ1n) is 12.3. The molecule has 12 heteroatoms. The summed E-state index contributed by atoms with van der Waals surface area (Å²) >= 11 is 0. The Morgan fingerprint density at radius 1 is 1.11 bits per heavy atom. The number of sulfonamides is 1. The number of anilines is 3. The Bertz CT molecular complexity index is 1360. The Morgan fingerprint density at radius 3 is 2.53 bits per heavy atom. The standard InChI is InChI=1S/C24H32FN7O3S/c1-14-10-15(2)21(19(25)11-14)29-24-28-20-12-26-23(27-16-4-6-18(33)7-5-16)30-22(20)32(24)17-8-9-31(13-17)36(3,34)35/h10-12,16-18,33H,4-9,13H2,1-3H3,(H,28,29)(H,26,27,30). The minimum Gasteiger partial charge on any atom is -0.393 e. The maximum absolute atomic E-state index is 14.9. The number of aryl methyl sites for hydroxylation is 2. The van der Waals surface area contributed by atoms with Crippen LogP contribution in [0.15, 0.2) is 18.3 Å². The number of imidazole rings is 1. The third-order valence-electron chi connectivity index (χ3n) is 7.09. The van der Waals surface area contributed by atoms with Gasteiger partial charge < -0.3 is 15.7 Å². The number of nitrogens with one attached hydrogen (secondary N) is 2. The Balaban J connectivity index is 1.54. The van der Waals surface area contributed by atoms with Crippen molar-refractivity contribution in [3.63, 3.8) is 0 Å². The molecule has 1 saturated carbocycles. The number of benzene rings is 1. The van der Waals surface area contributed by atoms with Gasteiger partial charge in [-0.3, -0.25) is 4.57 Å². The van der Waals surface area contributed by atoms with E-state index in [2.05, 4.69) is 20.6 Å². The lowest BCUT2D eigenvalue weighted by Crippen LogP contribution is -2.29. The number of fused-ring (bicyclic) bond motifs is 1. The number of hydrogen-bond donors (Lipinski definition) is 3. The van der Waals surface area contributed by atoms with E-state index in [0.29, 0.717) is 41.7 Å². The third-order valence-corrected chi connectivity index (χ3v) is 8.36. The minimum atomic E-state index is -3.35. The van der Waals surface area contributed by atoms with Crippen LogP contribution in [0.5, 0.6) is 0 Å². The number of aliphatic hydroxyl groups excluding tert-OH is 1. The Labute approximate surface area is 210 Å². The molecule has 1 aliphatic heterocycles. The molecule has 0 spiro atoms. The van der Waals surface area contributed by atoms with Crippen molar-refractivity contribution in [2.45, 2.75) is 64.1 Å². The van der Waals surface area contributed by atoms with Crippen LogP contribution in [0.25, 0.3) is 11.2 Å². The van der Waals surface area contributed by atoms with E-state index in [1.165, 1.54) is 16.6 Å². The van der Waals surface area contributed by atoms with Gasteiger partial charge in [0.05, 0.1) is 30.3 Å². The van der Waals surface area contributed by atoms with Gasteiger partial charge in [0.2, 0.25) is 21.9 Å². The predicted molar refractivity (Wildman–Crippen MR) is 136 cm³/mol. The largest absolute Gasteiger partial charge is 0.393 e. The highest BCUT2D eigenvalue weighted by Crippen LogP contribution is 2.34. The molecule has 3 N–H and O–H groups in total. The average Bonchev–Trinajstić information content (AvgIpc) is 3.42. The smallest absolute Gasteiger partial charge is 0.224 e. The summed E-state index contributed by atoms with van der Waals surface area (Å²) in [6.45, 7) is 4.34. The molecule has 1 aromatic carbocycles. The van der Waals surface area contributed by atoms with Crippen LogP contribution in [-0.4, -0.2) is 68.8 Å². The van der Waals surface area contributed by atoms with E-state index in [1.807, 2.05) is 24.5 Å². The Kier molecular flexibility index (Phi) is 6.60. The zero-order chi connectivity index (χ0) is 25.6. The van der Waals surface area contributed by atoms with Crippen molar-refractivity contribution < 1.29 is 17.9 Å². The molecule has 1 atom stereocenters. The van der Waals surface area contributed by atoms with E-state index < -0.39 is 10.0 Å². The van der Waals surface area contributed by atoms with Gasteiger partial charge >= 0.3 is 0 Å². The van der Waals surface area contributed by atoms with Gasteiger partial charge in [0.1, 0.15) is 11.3 Å². The van der Waals surface area contributed by atoms with Crippen molar-refractivity contribution in [1.29, 1.82) is 0 Å². The summed E-state index contributed by atoms with van der Waals surface area (Å²) in [6, 6.07) is 3.29. The van der Waals surface area contributed by atoms with Crippen LogP contribution in [-0.2, 0) is 10.0 Å². The van der Waals surface area contributed by atoms with Crippen molar-refractivity contribution in [3.8, 4) is 0 Å². The van der Waals surface area contributed by atoms with Gasteiger partial charge in [-0.15, -0.1) is 0 Å². The molecule has 0 amide bonds. The number of aromatic nitrogens is 4.